The lowest BCUT2D eigenvalue weighted by molar-refractivity contribution is -0.00707. The van der Waals surface area contributed by atoms with Crippen LogP contribution in [-0.4, -0.2) is 55.7 Å². The number of rotatable bonds is 1. The molecule has 0 aromatic heterocycles. The number of nitrogens with one attached hydrogen (secondary N) is 1. The normalized spacial score (nSPS) is 18.9. The zero-order valence-electron chi connectivity index (χ0n) is 16.5. The zero-order valence-corrected chi connectivity index (χ0v) is 17.3. The van der Waals surface area contributed by atoms with Gasteiger partial charge in [0.05, 0.1) is 4.90 Å². The highest BCUT2D eigenvalue weighted by Gasteiger charge is 2.42. The molecule has 152 valence electrons. The van der Waals surface area contributed by atoms with Crippen molar-refractivity contribution in [2.24, 2.45) is 5.41 Å². The second kappa shape index (κ2) is 8.16. The van der Waals surface area contributed by atoms with E-state index in [0.29, 0.717) is 5.41 Å². The van der Waals surface area contributed by atoms with Crippen LogP contribution in [0, 0.1) is 12.3 Å². The molecular formula is C19H30N2O5S. The van der Waals surface area contributed by atoms with E-state index in [4.69, 9.17) is 9.29 Å². The van der Waals surface area contributed by atoms with Crippen molar-refractivity contribution in [3.8, 4) is 0 Å². The Morgan fingerprint density at radius 3 is 2.26 bits per heavy atom. The number of nitrogens with zero attached hydrogens (tertiary/aromatic N) is 1. The maximum Gasteiger partial charge on any atom is 0.410 e. The summed E-state index contributed by atoms with van der Waals surface area (Å²) in [4.78, 5) is 13.7. The van der Waals surface area contributed by atoms with Crippen molar-refractivity contribution in [3.63, 3.8) is 0 Å². The van der Waals surface area contributed by atoms with E-state index >= 15 is 0 Å². The van der Waals surface area contributed by atoms with E-state index < -0.39 is 10.1 Å². The molecule has 3 rings (SSSR count). The lowest BCUT2D eigenvalue weighted by Crippen LogP contribution is -2.62. The first-order chi connectivity index (χ1) is 12.4. The van der Waals surface area contributed by atoms with Crippen LogP contribution in [0.2, 0.25) is 0 Å². The average Bonchev–Trinajstić information content (AvgIpc) is 2.52. The molecule has 2 aliphatic rings. The molecule has 2 saturated heterocycles. The summed E-state index contributed by atoms with van der Waals surface area (Å²) in [7, 11) is -4.02. The molecule has 1 aromatic carbocycles. The van der Waals surface area contributed by atoms with Gasteiger partial charge < -0.3 is 15.0 Å². The van der Waals surface area contributed by atoms with Crippen LogP contribution in [0.4, 0.5) is 4.79 Å². The molecule has 0 atom stereocenters. The quantitative estimate of drug-likeness (QED) is 0.706. The third-order valence-corrected chi connectivity index (χ3v) is 5.50. The van der Waals surface area contributed by atoms with E-state index in [2.05, 4.69) is 5.32 Å². The maximum atomic E-state index is 11.9. The molecule has 0 aliphatic carbocycles. The van der Waals surface area contributed by atoms with E-state index in [1.165, 1.54) is 18.6 Å². The highest BCUT2D eigenvalue weighted by atomic mass is 32.2. The zero-order chi connectivity index (χ0) is 20.3. The number of likely N-dealkylation sites (tertiary alicyclic amines) is 1. The number of benzene rings is 1. The molecule has 1 amide bonds. The van der Waals surface area contributed by atoms with E-state index in [-0.39, 0.29) is 16.6 Å². The highest BCUT2D eigenvalue weighted by Crippen LogP contribution is 2.33. The Labute approximate surface area is 161 Å². The molecule has 8 heteroatoms. The maximum absolute atomic E-state index is 11.9. The van der Waals surface area contributed by atoms with Crippen LogP contribution >= 0.6 is 0 Å². The summed E-state index contributed by atoms with van der Waals surface area (Å²) in [5.41, 5.74) is 0.909. The summed E-state index contributed by atoms with van der Waals surface area (Å²) < 4.78 is 35.0. The predicted molar refractivity (Wildman–Crippen MR) is 103 cm³/mol. The van der Waals surface area contributed by atoms with Gasteiger partial charge in [0.25, 0.3) is 10.1 Å². The van der Waals surface area contributed by atoms with Crippen molar-refractivity contribution in [2.45, 2.75) is 51.0 Å². The third kappa shape index (κ3) is 6.48. The van der Waals surface area contributed by atoms with E-state index in [9.17, 15) is 13.2 Å². The summed E-state index contributed by atoms with van der Waals surface area (Å²) in [6.45, 7) is 11.4. The molecule has 0 bridgehead atoms. The number of hydrogen-bond acceptors (Lipinski definition) is 5. The molecule has 0 radical (unpaired) electrons. The van der Waals surface area contributed by atoms with Crippen molar-refractivity contribution in [2.75, 3.05) is 26.2 Å². The van der Waals surface area contributed by atoms with Crippen LogP contribution in [0.1, 0.15) is 39.2 Å². The van der Waals surface area contributed by atoms with E-state index in [0.717, 1.165) is 38.2 Å². The Morgan fingerprint density at radius 1 is 1.22 bits per heavy atom. The molecule has 2 fully saturated rings. The summed E-state index contributed by atoms with van der Waals surface area (Å²) >= 11 is 0. The molecule has 1 aromatic rings. The first-order valence-electron chi connectivity index (χ1n) is 9.13. The van der Waals surface area contributed by atoms with Gasteiger partial charge in [-0.3, -0.25) is 4.55 Å². The Hall–Kier alpha value is -1.64. The monoisotopic (exact) mass is 398 g/mol. The van der Waals surface area contributed by atoms with Crippen molar-refractivity contribution < 1.29 is 22.5 Å². The summed E-state index contributed by atoms with van der Waals surface area (Å²) in [6, 6.07) is 5.99. The number of carbonyl (C=O) groups is 1. The standard InChI is InChI=1S/C12H22N2O2.C7H8O3S/c1-11(2,3)16-10(15)14-6-4-5-12(9-14)7-13-8-12;1-6-2-4-7(5-3-6)11(8,9)10/h13H,4-9H2,1-3H3;2-5H,1H3,(H,8,9,10). The van der Waals surface area contributed by atoms with Gasteiger partial charge >= 0.3 is 6.09 Å². The van der Waals surface area contributed by atoms with Crippen molar-refractivity contribution in [1.82, 2.24) is 10.2 Å². The molecule has 7 nitrogen and oxygen atoms in total. The second-order valence-electron chi connectivity index (χ2n) is 8.40. The average molecular weight is 399 g/mol. The fraction of sp³-hybridized carbons (Fsp3) is 0.632. The van der Waals surface area contributed by atoms with Gasteiger partial charge in [0.15, 0.2) is 0 Å². The smallest absolute Gasteiger partial charge is 0.410 e. The Balaban J connectivity index is 0.000000208. The van der Waals surface area contributed by atoms with Crippen LogP contribution in [0.3, 0.4) is 0 Å². The number of piperidine rings is 1. The molecule has 2 N–H and O–H groups in total. The minimum absolute atomic E-state index is 0.0666. The number of aryl methyl sites for hydroxylation is 1. The molecule has 2 heterocycles. The third-order valence-electron chi connectivity index (χ3n) is 4.63. The van der Waals surface area contributed by atoms with Crippen LogP contribution in [0.15, 0.2) is 29.2 Å². The molecule has 0 saturated carbocycles. The van der Waals surface area contributed by atoms with Gasteiger partial charge in [-0.25, -0.2) is 4.79 Å². The first kappa shape index (κ1) is 21.7. The van der Waals surface area contributed by atoms with E-state index in [1.807, 2.05) is 32.6 Å². The van der Waals surface area contributed by atoms with Crippen molar-refractivity contribution in [1.29, 1.82) is 0 Å². The van der Waals surface area contributed by atoms with Gasteiger partial charge in [-0.1, -0.05) is 17.7 Å². The number of ether oxygens (including phenoxy) is 1. The van der Waals surface area contributed by atoms with Crippen LogP contribution in [-0.2, 0) is 14.9 Å². The minimum atomic E-state index is -4.02. The summed E-state index contributed by atoms with van der Waals surface area (Å²) in [5, 5.41) is 3.30. The largest absolute Gasteiger partial charge is 0.444 e. The molecular weight excluding hydrogens is 368 g/mol. The van der Waals surface area contributed by atoms with Gasteiger partial charge in [0.2, 0.25) is 0 Å². The summed E-state index contributed by atoms with van der Waals surface area (Å²) in [6.07, 6.45) is 2.18. The van der Waals surface area contributed by atoms with Crippen molar-refractivity contribution >= 4 is 16.2 Å². The number of amides is 1. The van der Waals surface area contributed by atoms with Gasteiger partial charge in [0.1, 0.15) is 5.60 Å². The molecule has 1 spiro atoms. The highest BCUT2D eigenvalue weighted by molar-refractivity contribution is 7.85. The Bertz CT molecular complexity index is 749. The summed E-state index contributed by atoms with van der Waals surface area (Å²) in [5.74, 6) is 0. The van der Waals surface area contributed by atoms with Gasteiger partial charge in [0, 0.05) is 31.6 Å². The Kier molecular flexibility index (Phi) is 6.55. The molecule has 27 heavy (non-hydrogen) atoms. The van der Waals surface area contributed by atoms with Gasteiger partial charge in [-0.05, 0) is 52.7 Å². The van der Waals surface area contributed by atoms with E-state index in [1.54, 1.807) is 12.1 Å². The fourth-order valence-electron chi connectivity index (χ4n) is 3.17. The van der Waals surface area contributed by atoms with Crippen LogP contribution in [0.25, 0.3) is 0 Å². The SMILES string of the molecule is CC(C)(C)OC(=O)N1CCCC2(CNC2)C1.Cc1ccc(S(=O)(=O)O)cc1. The lowest BCUT2D eigenvalue weighted by Gasteiger charge is -2.49. The van der Waals surface area contributed by atoms with Crippen LogP contribution in [0.5, 0.6) is 0 Å². The predicted octanol–water partition coefficient (Wildman–Crippen LogP) is 2.85. The fourth-order valence-corrected chi connectivity index (χ4v) is 3.65. The second-order valence-corrected chi connectivity index (χ2v) is 9.82. The number of carbonyl (C=O) groups excluding carboxylic acids is 1. The van der Waals surface area contributed by atoms with Gasteiger partial charge in [-0.2, -0.15) is 8.42 Å². The first-order valence-corrected chi connectivity index (χ1v) is 10.6. The minimum Gasteiger partial charge on any atom is -0.444 e. The van der Waals surface area contributed by atoms with Crippen LogP contribution < -0.4 is 5.32 Å². The number of hydrogen-bond donors (Lipinski definition) is 2. The van der Waals surface area contributed by atoms with Crippen molar-refractivity contribution in [3.05, 3.63) is 29.8 Å². The topological polar surface area (TPSA) is 95.9 Å². The van der Waals surface area contributed by atoms with Gasteiger partial charge in [-0.15, -0.1) is 0 Å². The lowest BCUT2D eigenvalue weighted by atomic mass is 9.75. The Morgan fingerprint density at radius 2 is 1.81 bits per heavy atom. The molecule has 2 aliphatic heterocycles. The molecule has 0 unspecified atom stereocenters.